The minimum atomic E-state index is 1.03. The van der Waals surface area contributed by atoms with Gasteiger partial charge < -0.3 is 0 Å². The summed E-state index contributed by atoms with van der Waals surface area (Å²) in [6.45, 7) is 4.12. The summed E-state index contributed by atoms with van der Waals surface area (Å²) < 4.78 is 0. The van der Waals surface area contributed by atoms with Crippen molar-refractivity contribution in [2.24, 2.45) is 0 Å². The van der Waals surface area contributed by atoms with Crippen molar-refractivity contribution >= 4 is 11.6 Å². The second kappa shape index (κ2) is 4.45. The van der Waals surface area contributed by atoms with E-state index in [0.29, 0.717) is 0 Å². The first-order valence-electron chi connectivity index (χ1n) is 2.75. The van der Waals surface area contributed by atoms with E-state index in [9.17, 15) is 0 Å². The Morgan fingerprint density at radius 2 is 2.14 bits per heavy atom. The van der Waals surface area contributed by atoms with Gasteiger partial charge in [0.1, 0.15) is 0 Å². The average Bonchev–Trinajstić information content (AvgIpc) is 1.61. The van der Waals surface area contributed by atoms with E-state index in [4.69, 9.17) is 11.6 Å². The summed E-state index contributed by atoms with van der Waals surface area (Å²) in [5.41, 5.74) is 0. The van der Waals surface area contributed by atoms with Crippen LogP contribution in [0.15, 0.2) is 0 Å². The van der Waals surface area contributed by atoms with Gasteiger partial charge in [-0.15, -0.1) is 11.6 Å². The van der Waals surface area contributed by atoms with E-state index in [1.165, 1.54) is 12.8 Å². The second-order valence-corrected chi connectivity index (χ2v) is 2.42. The average molecular weight is 120 g/mol. The molecule has 0 aromatic rings. The van der Waals surface area contributed by atoms with Gasteiger partial charge in [-0.2, -0.15) is 0 Å². The second-order valence-electron chi connectivity index (χ2n) is 1.78. The Hall–Kier alpha value is 0.290. The molecule has 0 aliphatic rings. The van der Waals surface area contributed by atoms with E-state index in [-0.39, 0.29) is 0 Å². The smallest absolute Gasteiger partial charge is 0.0607 e. The van der Waals surface area contributed by atoms with Gasteiger partial charge in [-0.25, -0.2) is 0 Å². The summed E-state index contributed by atoms with van der Waals surface area (Å²) >= 11 is 5.57. The lowest BCUT2D eigenvalue weighted by atomic mass is 10.2. The molecule has 0 aromatic heterocycles. The van der Waals surface area contributed by atoms with E-state index in [2.05, 4.69) is 6.92 Å². The Morgan fingerprint density at radius 3 is 2.29 bits per heavy atom. The van der Waals surface area contributed by atoms with E-state index in [0.717, 1.165) is 11.8 Å². The molecule has 0 unspecified atom stereocenters. The van der Waals surface area contributed by atoms with Crippen molar-refractivity contribution in [3.63, 3.8) is 0 Å². The van der Waals surface area contributed by atoms with Crippen LogP contribution in [0.5, 0.6) is 0 Å². The number of hydrogen-bond donors (Lipinski definition) is 0. The van der Waals surface area contributed by atoms with Crippen LogP contribution in [0, 0.1) is 5.38 Å². The fourth-order valence-electron chi connectivity index (χ4n) is 0.420. The molecule has 0 saturated carbocycles. The summed E-state index contributed by atoms with van der Waals surface area (Å²) in [7, 11) is 0. The third kappa shape index (κ3) is 6.29. The SMILES string of the molecule is CCCC[C](C)Cl. The maximum absolute atomic E-state index is 5.57. The highest BCUT2D eigenvalue weighted by atomic mass is 35.5. The van der Waals surface area contributed by atoms with Crippen molar-refractivity contribution in [1.29, 1.82) is 0 Å². The highest BCUT2D eigenvalue weighted by Gasteiger charge is 1.92. The fourth-order valence-corrected chi connectivity index (χ4v) is 0.554. The van der Waals surface area contributed by atoms with E-state index < -0.39 is 0 Å². The van der Waals surface area contributed by atoms with Crippen molar-refractivity contribution in [3.05, 3.63) is 5.38 Å². The summed E-state index contributed by atoms with van der Waals surface area (Å²) in [5, 5.41) is 1.03. The number of rotatable bonds is 3. The monoisotopic (exact) mass is 119 g/mol. The molecule has 0 amide bonds. The first kappa shape index (κ1) is 7.29. The lowest BCUT2D eigenvalue weighted by Crippen LogP contribution is -1.77. The molecule has 0 spiro atoms. The van der Waals surface area contributed by atoms with Crippen LogP contribution in [0.2, 0.25) is 0 Å². The van der Waals surface area contributed by atoms with Crippen molar-refractivity contribution in [3.8, 4) is 0 Å². The van der Waals surface area contributed by atoms with Crippen LogP contribution in [0.4, 0.5) is 0 Å². The summed E-state index contributed by atoms with van der Waals surface area (Å²) in [5.74, 6) is 0. The molecule has 0 fully saturated rings. The largest absolute Gasteiger partial charge is 0.118 e. The highest BCUT2D eigenvalue weighted by Crippen LogP contribution is 2.12. The molecule has 0 atom stereocenters. The molecule has 0 aliphatic carbocycles. The van der Waals surface area contributed by atoms with Gasteiger partial charge in [0.2, 0.25) is 0 Å². The minimum absolute atomic E-state index is 1.03. The molecule has 0 rings (SSSR count). The van der Waals surface area contributed by atoms with Gasteiger partial charge in [0.15, 0.2) is 0 Å². The number of halogens is 1. The maximum Gasteiger partial charge on any atom is 0.0607 e. The quantitative estimate of drug-likeness (QED) is 0.536. The molecule has 7 heavy (non-hydrogen) atoms. The zero-order chi connectivity index (χ0) is 5.70. The van der Waals surface area contributed by atoms with Crippen LogP contribution in [0.1, 0.15) is 33.1 Å². The van der Waals surface area contributed by atoms with Crippen LogP contribution < -0.4 is 0 Å². The predicted octanol–water partition coefficient (Wildman–Crippen LogP) is 2.97. The normalized spacial score (nSPS) is 10.3. The van der Waals surface area contributed by atoms with Crippen molar-refractivity contribution in [1.82, 2.24) is 0 Å². The van der Waals surface area contributed by atoms with Gasteiger partial charge >= 0.3 is 0 Å². The van der Waals surface area contributed by atoms with Gasteiger partial charge in [0.05, 0.1) is 5.38 Å². The Kier molecular flexibility index (Phi) is 4.63. The van der Waals surface area contributed by atoms with Gasteiger partial charge in [0.25, 0.3) is 0 Å². The molecule has 0 saturated heterocycles. The number of unbranched alkanes of at least 4 members (excludes halogenated alkanes) is 1. The fraction of sp³-hybridized carbons (Fsp3) is 0.833. The van der Waals surface area contributed by atoms with Crippen LogP contribution >= 0.6 is 11.6 Å². The standard InChI is InChI=1S/C6H12Cl/c1-3-4-5-6(2)7/h3-5H2,1-2H3. The molecular weight excluding hydrogens is 108 g/mol. The number of hydrogen-bond acceptors (Lipinski definition) is 0. The molecule has 0 aliphatic heterocycles. The lowest BCUT2D eigenvalue weighted by molar-refractivity contribution is 0.769. The van der Waals surface area contributed by atoms with Crippen molar-refractivity contribution < 1.29 is 0 Å². The Labute approximate surface area is 50.9 Å². The Morgan fingerprint density at radius 1 is 1.57 bits per heavy atom. The Bertz CT molecular complexity index is 33.2. The van der Waals surface area contributed by atoms with Crippen LogP contribution in [-0.4, -0.2) is 0 Å². The molecule has 1 heteroatoms. The summed E-state index contributed by atoms with van der Waals surface area (Å²) in [6, 6.07) is 0. The van der Waals surface area contributed by atoms with Gasteiger partial charge in [-0.1, -0.05) is 19.8 Å². The summed E-state index contributed by atoms with van der Waals surface area (Å²) in [6.07, 6.45) is 3.55. The van der Waals surface area contributed by atoms with Crippen LogP contribution in [0.25, 0.3) is 0 Å². The van der Waals surface area contributed by atoms with Crippen molar-refractivity contribution in [2.45, 2.75) is 33.1 Å². The van der Waals surface area contributed by atoms with E-state index >= 15 is 0 Å². The van der Waals surface area contributed by atoms with E-state index in [1.807, 2.05) is 6.92 Å². The van der Waals surface area contributed by atoms with Gasteiger partial charge in [-0.05, 0) is 13.3 Å². The first-order chi connectivity index (χ1) is 3.27. The zero-order valence-electron chi connectivity index (χ0n) is 5.00. The summed E-state index contributed by atoms with van der Waals surface area (Å²) in [4.78, 5) is 0. The van der Waals surface area contributed by atoms with Crippen LogP contribution in [0.3, 0.4) is 0 Å². The molecular formula is C6H12Cl. The van der Waals surface area contributed by atoms with Crippen LogP contribution in [-0.2, 0) is 0 Å². The van der Waals surface area contributed by atoms with E-state index in [1.54, 1.807) is 0 Å². The molecule has 43 valence electrons. The van der Waals surface area contributed by atoms with Gasteiger partial charge in [0, 0.05) is 0 Å². The zero-order valence-corrected chi connectivity index (χ0v) is 5.76. The third-order valence-corrected chi connectivity index (χ3v) is 1.06. The van der Waals surface area contributed by atoms with Gasteiger partial charge in [-0.3, -0.25) is 0 Å². The topological polar surface area (TPSA) is 0 Å². The Balaban J connectivity index is 2.68. The predicted molar refractivity (Wildman–Crippen MR) is 34.3 cm³/mol. The molecule has 1 radical (unpaired) electrons. The lowest BCUT2D eigenvalue weighted by Gasteiger charge is -1.95. The molecule has 0 bridgehead atoms. The third-order valence-electron chi connectivity index (χ3n) is 0.875. The highest BCUT2D eigenvalue weighted by molar-refractivity contribution is 6.26. The molecule has 0 N–H and O–H groups in total. The molecule has 0 nitrogen and oxygen atoms in total. The minimum Gasteiger partial charge on any atom is -0.118 e. The molecule has 0 aromatic carbocycles. The van der Waals surface area contributed by atoms with Crippen molar-refractivity contribution in [2.75, 3.05) is 0 Å². The first-order valence-corrected chi connectivity index (χ1v) is 3.13. The maximum atomic E-state index is 5.57. The molecule has 0 heterocycles.